The van der Waals surface area contributed by atoms with Gasteiger partial charge < -0.3 is 9.47 Å². The number of alkyl halides is 1. The average Bonchev–Trinajstić information content (AvgIpc) is 2.62. The summed E-state index contributed by atoms with van der Waals surface area (Å²) >= 11 is 2.41. The second-order valence-electron chi connectivity index (χ2n) is 3.43. The molecule has 0 amide bonds. The average molecular weight is 268 g/mol. The van der Waals surface area contributed by atoms with Crippen LogP contribution in [0.25, 0.3) is 0 Å². The van der Waals surface area contributed by atoms with Crippen molar-refractivity contribution in [3.05, 3.63) is 0 Å². The Morgan fingerprint density at radius 3 is 2.82 bits per heavy atom. The quantitative estimate of drug-likeness (QED) is 0.531. The molecule has 3 heteroatoms. The smallest absolute Gasteiger partial charge is 0.0744 e. The van der Waals surface area contributed by atoms with Crippen LogP contribution in [-0.4, -0.2) is 30.4 Å². The molecule has 0 aromatic carbocycles. The van der Waals surface area contributed by atoms with Gasteiger partial charge in [-0.3, -0.25) is 0 Å². The largest absolute Gasteiger partial charge is 0.381 e. The van der Waals surface area contributed by atoms with Gasteiger partial charge in [0.05, 0.1) is 12.7 Å². The maximum absolute atomic E-state index is 5.65. The topological polar surface area (TPSA) is 18.5 Å². The highest BCUT2D eigenvalue weighted by molar-refractivity contribution is 14.1. The highest BCUT2D eigenvalue weighted by Gasteiger charge is 2.46. The summed E-state index contributed by atoms with van der Waals surface area (Å²) in [6.45, 7) is 2.81. The lowest BCUT2D eigenvalue weighted by atomic mass is 9.81. The van der Waals surface area contributed by atoms with E-state index in [1.54, 1.807) is 0 Å². The molecule has 2 rings (SSSR count). The number of ether oxygens (including phenoxy) is 2. The van der Waals surface area contributed by atoms with Gasteiger partial charge in [-0.25, -0.2) is 0 Å². The van der Waals surface area contributed by atoms with Crippen LogP contribution in [0.4, 0.5) is 0 Å². The molecule has 0 N–H and O–H groups in total. The van der Waals surface area contributed by atoms with Crippen molar-refractivity contribution in [2.75, 3.05) is 24.2 Å². The van der Waals surface area contributed by atoms with E-state index in [1.165, 1.54) is 12.8 Å². The fourth-order valence-electron chi connectivity index (χ4n) is 2.02. The summed E-state index contributed by atoms with van der Waals surface area (Å²) in [5.74, 6) is 0. The first-order valence-electron chi connectivity index (χ1n) is 4.13. The lowest BCUT2D eigenvalue weighted by Crippen LogP contribution is -2.32. The van der Waals surface area contributed by atoms with Gasteiger partial charge in [0, 0.05) is 23.1 Å². The summed E-state index contributed by atoms with van der Waals surface area (Å²) in [7, 11) is 0. The van der Waals surface area contributed by atoms with Crippen LogP contribution in [0.3, 0.4) is 0 Å². The third-order valence-corrected chi connectivity index (χ3v) is 3.68. The molecule has 0 bridgehead atoms. The van der Waals surface area contributed by atoms with Crippen molar-refractivity contribution >= 4 is 22.6 Å². The van der Waals surface area contributed by atoms with E-state index in [0.717, 1.165) is 24.2 Å². The highest BCUT2D eigenvalue weighted by atomic mass is 127. The monoisotopic (exact) mass is 268 g/mol. The van der Waals surface area contributed by atoms with Crippen molar-refractivity contribution in [1.29, 1.82) is 0 Å². The number of hydrogen-bond acceptors (Lipinski definition) is 2. The molecule has 0 aliphatic carbocycles. The minimum Gasteiger partial charge on any atom is -0.381 e. The van der Waals surface area contributed by atoms with Crippen LogP contribution in [0.2, 0.25) is 0 Å². The fraction of sp³-hybridized carbons (Fsp3) is 1.00. The van der Waals surface area contributed by atoms with Crippen LogP contribution < -0.4 is 0 Å². The molecular formula is C8H13IO2. The molecule has 0 radical (unpaired) electrons. The SMILES string of the molecule is ICC1OCCC12CCOC2. The van der Waals surface area contributed by atoms with Crippen LogP contribution in [-0.2, 0) is 9.47 Å². The summed E-state index contributed by atoms with van der Waals surface area (Å²) in [6.07, 6.45) is 2.88. The van der Waals surface area contributed by atoms with Crippen molar-refractivity contribution in [3.63, 3.8) is 0 Å². The van der Waals surface area contributed by atoms with Crippen molar-refractivity contribution in [2.45, 2.75) is 18.9 Å². The van der Waals surface area contributed by atoms with Gasteiger partial charge in [-0.15, -0.1) is 0 Å². The second-order valence-corrected chi connectivity index (χ2v) is 4.31. The maximum Gasteiger partial charge on any atom is 0.0744 e. The van der Waals surface area contributed by atoms with E-state index in [0.29, 0.717) is 11.5 Å². The standard InChI is InChI=1S/C8H13IO2/c9-5-7-8(2-4-11-7)1-3-10-6-8/h7H,1-6H2. The van der Waals surface area contributed by atoms with E-state index in [9.17, 15) is 0 Å². The summed E-state index contributed by atoms with van der Waals surface area (Å²) < 4.78 is 12.2. The highest BCUT2D eigenvalue weighted by Crippen LogP contribution is 2.42. The Morgan fingerprint density at radius 2 is 2.18 bits per heavy atom. The van der Waals surface area contributed by atoms with Crippen LogP contribution in [0, 0.1) is 5.41 Å². The van der Waals surface area contributed by atoms with Gasteiger partial charge >= 0.3 is 0 Å². The zero-order chi connectivity index (χ0) is 7.73. The molecule has 2 fully saturated rings. The Morgan fingerprint density at radius 1 is 1.36 bits per heavy atom. The van der Waals surface area contributed by atoms with E-state index in [1.807, 2.05) is 0 Å². The first-order valence-corrected chi connectivity index (χ1v) is 5.65. The Hall–Kier alpha value is 0.650. The molecule has 2 heterocycles. The first kappa shape index (κ1) is 8.26. The predicted octanol–water partition coefficient (Wildman–Crippen LogP) is 1.62. The molecule has 2 aliphatic rings. The third kappa shape index (κ3) is 1.31. The normalized spacial score (nSPS) is 43.9. The zero-order valence-electron chi connectivity index (χ0n) is 6.51. The molecule has 2 saturated heterocycles. The maximum atomic E-state index is 5.65. The van der Waals surface area contributed by atoms with Gasteiger partial charge in [0.2, 0.25) is 0 Å². The fourth-order valence-corrected chi connectivity index (χ4v) is 3.21. The van der Waals surface area contributed by atoms with E-state index >= 15 is 0 Å². The van der Waals surface area contributed by atoms with Gasteiger partial charge in [-0.2, -0.15) is 0 Å². The molecule has 1 spiro atoms. The first-order chi connectivity index (χ1) is 5.37. The third-order valence-electron chi connectivity index (χ3n) is 2.88. The van der Waals surface area contributed by atoms with Gasteiger partial charge in [-0.05, 0) is 12.8 Å². The molecule has 0 aromatic heterocycles. The molecule has 2 atom stereocenters. The van der Waals surface area contributed by atoms with Crippen LogP contribution in [0.15, 0.2) is 0 Å². The zero-order valence-corrected chi connectivity index (χ0v) is 8.67. The number of rotatable bonds is 1. The van der Waals surface area contributed by atoms with Gasteiger partial charge in [-0.1, -0.05) is 22.6 Å². The van der Waals surface area contributed by atoms with Crippen molar-refractivity contribution in [1.82, 2.24) is 0 Å². The second kappa shape index (κ2) is 3.18. The lowest BCUT2D eigenvalue weighted by molar-refractivity contribution is 0.0592. The molecular weight excluding hydrogens is 255 g/mol. The number of halogens is 1. The predicted molar refractivity (Wildman–Crippen MR) is 51.1 cm³/mol. The van der Waals surface area contributed by atoms with E-state index < -0.39 is 0 Å². The molecule has 2 nitrogen and oxygen atoms in total. The summed E-state index contributed by atoms with van der Waals surface area (Å²) in [5.41, 5.74) is 0.404. The molecule has 0 aromatic rings. The Kier molecular flexibility index (Phi) is 2.39. The van der Waals surface area contributed by atoms with Crippen molar-refractivity contribution in [3.8, 4) is 0 Å². The molecule has 64 valence electrons. The van der Waals surface area contributed by atoms with Crippen LogP contribution in [0.1, 0.15) is 12.8 Å². The summed E-state index contributed by atoms with van der Waals surface area (Å²) in [4.78, 5) is 0. The van der Waals surface area contributed by atoms with Gasteiger partial charge in [0.15, 0.2) is 0 Å². The molecule has 11 heavy (non-hydrogen) atoms. The Labute approximate surface area is 80.8 Å². The summed E-state index contributed by atoms with van der Waals surface area (Å²) in [6, 6.07) is 0. The minimum atomic E-state index is 0.404. The Balaban J connectivity index is 2.09. The van der Waals surface area contributed by atoms with Crippen LogP contribution >= 0.6 is 22.6 Å². The van der Waals surface area contributed by atoms with Crippen molar-refractivity contribution in [2.24, 2.45) is 5.41 Å². The van der Waals surface area contributed by atoms with E-state index in [4.69, 9.17) is 9.47 Å². The Bertz CT molecular complexity index is 138. The minimum absolute atomic E-state index is 0.404. The van der Waals surface area contributed by atoms with Gasteiger partial charge in [0.1, 0.15) is 0 Å². The van der Waals surface area contributed by atoms with E-state index in [2.05, 4.69) is 22.6 Å². The molecule has 0 saturated carbocycles. The number of hydrogen-bond donors (Lipinski definition) is 0. The lowest BCUT2D eigenvalue weighted by Gasteiger charge is -2.25. The van der Waals surface area contributed by atoms with Crippen LogP contribution in [0.5, 0.6) is 0 Å². The molecule has 2 aliphatic heterocycles. The summed E-state index contributed by atoms with van der Waals surface area (Å²) in [5, 5.41) is 0. The van der Waals surface area contributed by atoms with E-state index in [-0.39, 0.29) is 0 Å². The molecule has 2 unspecified atom stereocenters. The van der Waals surface area contributed by atoms with Gasteiger partial charge in [0.25, 0.3) is 0 Å². The van der Waals surface area contributed by atoms with Crippen molar-refractivity contribution < 1.29 is 9.47 Å².